The molecule has 3 heterocycles. The van der Waals surface area contributed by atoms with Crippen molar-refractivity contribution in [3.63, 3.8) is 0 Å². The molecule has 0 unspecified atom stereocenters. The van der Waals surface area contributed by atoms with E-state index in [-0.39, 0.29) is 17.2 Å². The van der Waals surface area contributed by atoms with Crippen LogP contribution in [0.5, 0.6) is 5.88 Å². The minimum atomic E-state index is -0.616. The second-order valence-corrected chi connectivity index (χ2v) is 6.42. The fourth-order valence-corrected chi connectivity index (χ4v) is 3.28. The van der Waals surface area contributed by atoms with Gasteiger partial charge in [-0.2, -0.15) is 10.4 Å². The number of rotatable bonds is 4. The topological polar surface area (TPSA) is 92.8 Å². The number of benzene rings is 1. The summed E-state index contributed by atoms with van der Waals surface area (Å²) in [6.45, 7) is 0.662. The van der Waals surface area contributed by atoms with E-state index in [4.69, 9.17) is 10.00 Å². The third-order valence-electron chi connectivity index (χ3n) is 4.63. The molecular formula is C20H16FN5O2. The number of amides is 1. The Kier molecular flexibility index (Phi) is 4.49. The lowest BCUT2D eigenvalue weighted by molar-refractivity contribution is 0.0936. The number of nitrogens with zero attached hydrogens (tertiary/aromatic N) is 4. The van der Waals surface area contributed by atoms with Crippen LogP contribution in [0.4, 0.5) is 4.39 Å². The van der Waals surface area contributed by atoms with Gasteiger partial charge in [-0.05, 0) is 36.8 Å². The standard InChI is InChI=1S/C20H16FN5O2/c1-28-19-9-13(2-4-23-19)17-10-18-16(3-5-26(18)25-17)24-20(27)14-6-12(11-22)7-15(21)8-14/h2,4,6-10,16H,3,5H2,1H3,(H,24,27)/t16-/m0/s1. The molecule has 1 atom stereocenters. The minimum Gasteiger partial charge on any atom is -0.481 e. The lowest BCUT2D eigenvalue weighted by Gasteiger charge is -2.12. The fourth-order valence-electron chi connectivity index (χ4n) is 3.28. The molecule has 28 heavy (non-hydrogen) atoms. The second-order valence-electron chi connectivity index (χ2n) is 6.42. The summed E-state index contributed by atoms with van der Waals surface area (Å²) < 4.78 is 20.6. The highest BCUT2D eigenvalue weighted by Crippen LogP contribution is 2.30. The van der Waals surface area contributed by atoms with Gasteiger partial charge in [-0.25, -0.2) is 9.37 Å². The molecule has 3 aromatic rings. The molecular weight excluding hydrogens is 361 g/mol. The molecule has 140 valence electrons. The van der Waals surface area contributed by atoms with Crippen molar-refractivity contribution in [1.82, 2.24) is 20.1 Å². The van der Waals surface area contributed by atoms with E-state index in [1.165, 1.54) is 6.07 Å². The van der Waals surface area contributed by atoms with Gasteiger partial charge >= 0.3 is 0 Å². The quantitative estimate of drug-likeness (QED) is 0.755. The van der Waals surface area contributed by atoms with E-state index in [2.05, 4.69) is 15.4 Å². The Hall–Kier alpha value is -3.73. The maximum absolute atomic E-state index is 13.6. The molecule has 1 N–H and O–H groups in total. The summed E-state index contributed by atoms with van der Waals surface area (Å²) in [6, 6.07) is 10.7. The largest absolute Gasteiger partial charge is 0.481 e. The third kappa shape index (κ3) is 3.30. The Morgan fingerprint density at radius 2 is 2.21 bits per heavy atom. The van der Waals surface area contributed by atoms with E-state index in [1.807, 2.05) is 22.9 Å². The first-order chi connectivity index (χ1) is 13.6. The highest BCUT2D eigenvalue weighted by atomic mass is 19.1. The number of aryl methyl sites for hydroxylation is 1. The first kappa shape index (κ1) is 17.7. The number of nitriles is 1. The molecule has 1 aliphatic rings. The molecule has 0 spiro atoms. The van der Waals surface area contributed by atoms with Crippen LogP contribution >= 0.6 is 0 Å². The van der Waals surface area contributed by atoms with Crippen LogP contribution < -0.4 is 10.1 Å². The summed E-state index contributed by atoms with van der Waals surface area (Å²) in [5, 5.41) is 16.4. The van der Waals surface area contributed by atoms with Crippen LogP contribution in [-0.4, -0.2) is 27.8 Å². The van der Waals surface area contributed by atoms with Crippen molar-refractivity contribution in [2.24, 2.45) is 0 Å². The number of hydrogen-bond donors (Lipinski definition) is 1. The number of carbonyl (C=O) groups excluding carboxylic acids is 1. The van der Waals surface area contributed by atoms with E-state index in [1.54, 1.807) is 19.4 Å². The van der Waals surface area contributed by atoms with Gasteiger partial charge in [0.05, 0.1) is 36.2 Å². The maximum atomic E-state index is 13.6. The molecule has 0 saturated carbocycles. The smallest absolute Gasteiger partial charge is 0.251 e. The summed E-state index contributed by atoms with van der Waals surface area (Å²) >= 11 is 0. The molecule has 8 heteroatoms. The molecule has 4 rings (SSSR count). The molecule has 0 radical (unpaired) electrons. The molecule has 0 saturated heterocycles. The Bertz CT molecular complexity index is 1100. The van der Waals surface area contributed by atoms with Gasteiger partial charge in [0.2, 0.25) is 5.88 Å². The number of carbonyl (C=O) groups is 1. The van der Waals surface area contributed by atoms with Gasteiger partial charge in [0.1, 0.15) is 5.82 Å². The van der Waals surface area contributed by atoms with Crippen molar-refractivity contribution in [2.45, 2.75) is 19.0 Å². The van der Waals surface area contributed by atoms with Gasteiger partial charge in [-0.1, -0.05) is 0 Å². The summed E-state index contributed by atoms with van der Waals surface area (Å²) in [4.78, 5) is 16.6. The minimum absolute atomic E-state index is 0.107. The van der Waals surface area contributed by atoms with Crippen molar-refractivity contribution in [2.75, 3.05) is 7.11 Å². The van der Waals surface area contributed by atoms with Crippen molar-refractivity contribution < 1.29 is 13.9 Å². The SMILES string of the molecule is COc1cc(-c2cc3n(n2)CC[C@@H]3NC(=O)c2cc(F)cc(C#N)c2)ccn1. The predicted molar refractivity (Wildman–Crippen MR) is 97.9 cm³/mol. The van der Waals surface area contributed by atoms with E-state index in [0.717, 1.165) is 29.1 Å². The zero-order chi connectivity index (χ0) is 19.7. The van der Waals surface area contributed by atoms with Crippen molar-refractivity contribution in [3.8, 4) is 23.2 Å². The molecule has 1 aliphatic heterocycles. The lowest BCUT2D eigenvalue weighted by atomic mass is 10.1. The Labute approximate surface area is 160 Å². The van der Waals surface area contributed by atoms with Crippen LogP contribution in [-0.2, 0) is 6.54 Å². The van der Waals surface area contributed by atoms with Crippen LogP contribution in [0.15, 0.2) is 42.6 Å². The highest BCUT2D eigenvalue weighted by Gasteiger charge is 2.27. The molecule has 7 nitrogen and oxygen atoms in total. The van der Waals surface area contributed by atoms with Gasteiger partial charge in [0.15, 0.2) is 0 Å². The number of aromatic nitrogens is 3. The van der Waals surface area contributed by atoms with E-state index in [9.17, 15) is 9.18 Å². The maximum Gasteiger partial charge on any atom is 0.251 e. The number of halogens is 1. The normalized spacial score (nSPS) is 15.0. The molecule has 1 aromatic carbocycles. The van der Waals surface area contributed by atoms with Crippen LogP contribution in [0.1, 0.15) is 34.1 Å². The van der Waals surface area contributed by atoms with E-state index in [0.29, 0.717) is 18.8 Å². The summed E-state index contributed by atoms with van der Waals surface area (Å²) in [5.74, 6) is -0.549. The van der Waals surface area contributed by atoms with Gasteiger partial charge in [-0.3, -0.25) is 9.48 Å². The number of hydrogen-bond acceptors (Lipinski definition) is 5. The average molecular weight is 377 g/mol. The number of nitrogens with one attached hydrogen (secondary N) is 1. The molecule has 2 aromatic heterocycles. The summed E-state index contributed by atoms with van der Waals surface area (Å²) in [5.41, 5.74) is 2.72. The van der Waals surface area contributed by atoms with Gasteiger partial charge in [0.25, 0.3) is 5.91 Å². The predicted octanol–water partition coefficient (Wildman–Crippen LogP) is 2.84. The van der Waals surface area contributed by atoms with Gasteiger partial charge in [-0.15, -0.1) is 0 Å². The summed E-state index contributed by atoms with van der Waals surface area (Å²) in [6.07, 6.45) is 2.34. The van der Waals surface area contributed by atoms with Crippen molar-refractivity contribution >= 4 is 5.91 Å². The van der Waals surface area contributed by atoms with Gasteiger partial charge < -0.3 is 10.1 Å². The first-order valence-electron chi connectivity index (χ1n) is 8.67. The molecule has 0 aliphatic carbocycles. The number of fused-ring (bicyclic) bond motifs is 1. The van der Waals surface area contributed by atoms with Crippen LogP contribution in [0.2, 0.25) is 0 Å². The van der Waals surface area contributed by atoms with Crippen LogP contribution in [0.25, 0.3) is 11.3 Å². The Morgan fingerprint density at radius 1 is 1.36 bits per heavy atom. The van der Waals surface area contributed by atoms with E-state index >= 15 is 0 Å². The molecule has 1 amide bonds. The summed E-state index contributed by atoms with van der Waals surface area (Å²) in [7, 11) is 1.55. The van der Waals surface area contributed by atoms with Crippen molar-refractivity contribution in [1.29, 1.82) is 5.26 Å². The zero-order valence-electron chi connectivity index (χ0n) is 15.0. The third-order valence-corrected chi connectivity index (χ3v) is 4.63. The second kappa shape index (κ2) is 7.12. The monoisotopic (exact) mass is 377 g/mol. The molecule has 0 fully saturated rings. The molecule has 0 bridgehead atoms. The Morgan fingerprint density at radius 3 is 3.00 bits per heavy atom. The number of methoxy groups -OCH3 is 1. The van der Waals surface area contributed by atoms with Crippen LogP contribution in [0, 0.1) is 17.1 Å². The van der Waals surface area contributed by atoms with Gasteiger partial charge in [0, 0.05) is 29.9 Å². The number of pyridine rings is 1. The number of ether oxygens (including phenoxy) is 1. The fraction of sp³-hybridized carbons (Fsp3) is 0.200. The lowest BCUT2D eigenvalue weighted by Crippen LogP contribution is -2.27. The highest BCUT2D eigenvalue weighted by molar-refractivity contribution is 5.94. The first-order valence-corrected chi connectivity index (χ1v) is 8.67. The average Bonchev–Trinajstić information content (AvgIpc) is 3.29. The Balaban J connectivity index is 1.57. The zero-order valence-corrected chi connectivity index (χ0v) is 15.0. The van der Waals surface area contributed by atoms with Crippen LogP contribution in [0.3, 0.4) is 0 Å². The van der Waals surface area contributed by atoms with E-state index < -0.39 is 11.7 Å². The van der Waals surface area contributed by atoms with Crippen molar-refractivity contribution in [3.05, 3.63) is 65.2 Å².